The number of aromatic nitrogens is 2. The molecule has 1 aromatic heterocycles. The van der Waals surface area contributed by atoms with E-state index in [0.717, 1.165) is 12.2 Å². The SMILES string of the molecule is Cc1cc(CNC(C)(C)C)ccc1-n1cccn1. The number of rotatable bonds is 3. The lowest BCUT2D eigenvalue weighted by Crippen LogP contribution is -2.35. The van der Waals surface area contributed by atoms with Crippen molar-refractivity contribution in [3.63, 3.8) is 0 Å². The molecule has 0 saturated carbocycles. The molecule has 0 atom stereocenters. The monoisotopic (exact) mass is 243 g/mol. The van der Waals surface area contributed by atoms with Crippen LogP contribution in [0, 0.1) is 6.92 Å². The summed E-state index contributed by atoms with van der Waals surface area (Å²) in [4.78, 5) is 0. The van der Waals surface area contributed by atoms with Crippen LogP contribution in [0.25, 0.3) is 5.69 Å². The van der Waals surface area contributed by atoms with Gasteiger partial charge in [-0.25, -0.2) is 4.68 Å². The van der Waals surface area contributed by atoms with Crippen LogP contribution in [-0.2, 0) is 6.54 Å². The van der Waals surface area contributed by atoms with E-state index in [4.69, 9.17) is 0 Å². The fraction of sp³-hybridized carbons (Fsp3) is 0.400. The third kappa shape index (κ3) is 3.20. The predicted octanol–water partition coefficient (Wildman–Crippen LogP) is 3.07. The molecule has 1 aromatic carbocycles. The maximum Gasteiger partial charge on any atom is 0.0674 e. The van der Waals surface area contributed by atoms with Crippen molar-refractivity contribution in [2.75, 3.05) is 0 Å². The van der Waals surface area contributed by atoms with Gasteiger partial charge in [0.15, 0.2) is 0 Å². The Morgan fingerprint density at radius 2 is 2.06 bits per heavy atom. The van der Waals surface area contributed by atoms with E-state index in [2.05, 4.69) is 56.3 Å². The number of aryl methyl sites for hydroxylation is 1. The van der Waals surface area contributed by atoms with E-state index in [1.807, 2.05) is 16.9 Å². The summed E-state index contributed by atoms with van der Waals surface area (Å²) in [5, 5.41) is 7.76. The molecule has 0 amide bonds. The van der Waals surface area contributed by atoms with E-state index in [-0.39, 0.29) is 5.54 Å². The van der Waals surface area contributed by atoms with Crippen molar-refractivity contribution in [1.82, 2.24) is 15.1 Å². The van der Waals surface area contributed by atoms with Gasteiger partial charge in [0.1, 0.15) is 0 Å². The highest BCUT2D eigenvalue weighted by Gasteiger charge is 2.09. The summed E-state index contributed by atoms with van der Waals surface area (Å²) >= 11 is 0. The van der Waals surface area contributed by atoms with Crippen molar-refractivity contribution in [2.24, 2.45) is 0 Å². The van der Waals surface area contributed by atoms with Gasteiger partial charge in [0.05, 0.1) is 5.69 Å². The highest BCUT2D eigenvalue weighted by Crippen LogP contribution is 2.15. The van der Waals surface area contributed by atoms with Crippen LogP contribution in [-0.4, -0.2) is 15.3 Å². The first-order chi connectivity index (χ1) is 8.46. The summed E-state index contributed by atoms with van der Waals surface area (Å²) in [5.41, 5.74) is 3.83. The third-order valence-corrected chi connectivity index (χ3v) is 2.84. The standard InChI is InChI=1S/C15H21N3/c1-12-10-13(11-16-15(2,3)4)6-7-14(12)18-9-5-8-17-18/h5-10,16H,11H2,1-4H3. The van der Waals surface area contributed by atoms with Gasteiger partial charge in [-0.1, -0.05) is 12.1 Å². The molecule has 1 heterocycles. The topological polar surface area (TPSA) is 29.9 Å². The van der Waals surface area contributed by atoms with Gasteiger partial charge in [-0.2, -0.15) is 5.10 Å². The lowest BCUT2D eigenvalue weighted by atomic mass is 10.1. The molecule has 96 valence electrons. The van der Waals surface area contributed by atoms with Gasteiger partial charge in [-0.3, -0.25) is 0 Å². The summed E-state index contributed by atoms with van der Waals surface area (Å²) in [6.07, 6.45) is 3.77. The van der Waals surface area contributed by atoms with Crippen molar-refractivity contribution in [3.05, 3.63) is 47.8 Å². The fourth-order valence-electron chi connectivity index (χ4n) is 1.86. The molecule has 0 fully saturated rings. The molecule has 0 aliphatic carbocycles. The molecule has 3 heteroatoms. The molecule has 0 unspecified atom stereocenters. The van der Waals surface area contributed by atoms with E-state index in [9.17, 15) is 0 Å². The summed E-state index contributed by atoms with van der Waals surface area (Å²) in [7, 11) is 0. The molecule has 18 heavy (non-hydrogen) atoms. The minimum Gasteiger partial charge on any atom is -0.308 e. The average Bonchev–Trinajstić information content (AvgIpc) is 2.79. The largest absolute Gasteiger partial charge is 0.308 e. The van der Waals surface area contributed by atoms with Crippen molar-refractivity contribution in [1.29, 1.82) is 0 Å². The fourth-order valence-corrected chi connectivity index (χ4v) is 1.86. The highest BCUT2D eigenvalue weighted by molar-refractivity contribution is 5.42. The van der Waals surface area contributed by atoms with Crippen molar-refractivity contribution < 1.29 is 0 Å². The molecule has 0 spiro atoms. The van der Waals surface area contributed by atoms with E-state index >= 15 is 0 Å². The first kappa shape index (κ1) is 12.8. The quantitative estimate of drug-likeness (QED) is 0.898. The van der Waals surface area contributed by atoms with Gasteiger partial charge < -0.3 is 5.32 Å². The summed E-state index contributed by atoms with van der Waals surface area (Å²) < 4.78 is 1.90. The van der Waals surface area contributed by atoms with E-state index in [1.165, 1.54) is 11.1 Å². The number of hydrogen-bond acceptors (Lipinski definition) is 2. The first-order valence-corrected chi connectivity index (χ1v) is 6.30. The summed E-state index contributed by atoms with van der Waals surface area (Å²) in [6.45, 7) is 9.55. The Balaban J connectivity index is 2.15. The molecule has 0 radical (unpaired) electrons. The molecule has 0 aliphatic rings. The van der Waals surface area contributed by atoms with Crippen molar-refractivity contribution in [2.45, 2.75) is 39.8 Å². The summed E-state index contributed by atoms with van der Waals surface area (Å²) in [5.74, 6) is 0. The Kier molecular flexibility index (Phi) is 3.53. The number of nitrogens with zero attached hydrogens (tertiary/aromatic N) is 2. The molecule has 0 aliphatic heterocycles. The second-order valence-corrected chi connectivity index (χ2v) is 5.68. The Labute approximate surface area is 109 Å². The molecule has 0 saturated heterocycles. The zero-order valence-electron chi connectivity index (χ0n) is 11.6. The van der Waals surface area contributed by atoms with E-state index < -0.39 is 0 Å². The lowest BCUT2D eigenvalue weighted by molar-refractivity contribution is 0.424. The van der Waals surface area contributed by atoms with Gasteiger partial charge in [-0.15, -0.1) is 0 Å². The minimum atomic E-state index is 0.147. The molecule has 1 N–H and O–H groups in total. The van der Waals surface area contributed by atoms with Gasteiger partial charge in [0, 0.05) is 24.5 Å². The van der Waals surface area contributed by atoms with Gasteiger partial charge in [0.25, 0.3) is 0 Å². The van der Waals surface area contributed by atoms with E-state index in [1.54, 1.807) is 6.20 Å². The number of nitrogens with one attached hydrogen (secondary N) is 1. The Hall–Kier alpha value is -1.61. The van der Waals surface area contributed by atoms with Crippen LogP contribution in [0.4, 0.5) is 0 Å². The number of hydrogen-bond donors (Lipinski definition) is 1. The van der Waals surface area contributed by atoms with Crippen LogP contribution in [0.1, 0.15) is 31.9 Å². The zero-order chi connectivity index (χ0) is 13.2. The highest BCUT2D eigenvalue weighted by atomic mass is 15.3. The Morgan fingerprint density at radius 1 is 1.28 bits per heavy atom. The van der Waals surface area contributed by atoms with Gasteiger partial charge in [0.2, 0.25) is 0 Å². The zero-order valence-corrected chi connectivity index (χ0v) is 11.6. The van der Waals surface area contributed by atoms with Crippen LogP contribution in [0.3, 0.4) is 0 Å². The third-order valence-electron chi connectivity index (χ3n) is 2.84. The Morgan fingerprint density at radius 3 is 2.61 bits per heavy atom. The molecule has 2 rings (SSSR count). The van der Waals surface area contributed by atoms with Crippen LogP contribution >= 0.6 is 0 Å². The van der Waals surface area contributed by atoms with Crippen LogP contribution < -0.4 is 5.32 Å². The molecule has 0 bridgehead atoms. The second kappa shape index (κ2) is 4.94. The van der Waals surface area contributed by atoms with Gasteiger partial charge >= 0.3 is 0 Å². The normalized spacial score (nSPS) is 11.8. The minimum absolute atomic E-state index is 0.147. The predicted molar refractivity (Wildman–Crippen MR) is 74.9 cm³/mol. The molecule has 3 nitrogen and oxygen atoms in total. The first-order valence-electron chi connectivity index (χ1n) is 6.30. The van der Waals surface area contributed by atoms with E-state index in [0.29, 0.717) is 0 Å². The molecular formula is C15H21N3. The summed E-state index contributed by atoms with van der Waals surface area (Å²) in [6, 6.07) is 8.44. The van der Waals surface area contributed by atoms with Gasteiger partial charge in [-0.05, 0) is 51.0 Å². The average molecular weight is 243 g/mol. The molecule has 2 aromatic rings. The smallest absolute Gasteiger partial charge is 0.0674 e. The van der Waals surface area contributed by atoms with Crippen LogP contribution in [0.5, 0.6) is 0 Å². The maximum atomic E-state index is 4.26. The Bertz CT molecular complexity index is 507. The van der Waals surface area contributed by atoms with Crippen LogP contribution in [0.15, 0.2) is 36.7 Å². The van der Waals surface area contributed by atoms with Crippen molar-refractivity contribution >= 4 is 0 Å². The molecular weight excluding hydrogens is 222 g/mol. The van der Waals surface area contributed by atoms with Crippen LogP contribution in [0.2, 0.25) is 0 Å². The number of benzene rings is 1. The van der Waals surface area contributed by atoms with Crippen molar-refractivity contribution in [3.8, 4) is 5.69 Å². The lowest BCUT2D eigenvalue weighted by Gasteiger charge is -2.21. The second-order valence-electron chi connectivity index (χ2n) is 5.68. The maximum absolute atomic E-state index is 4.26.